The van der Waals surface area contributed by atoms with Crippen LogP contribution >= 0.6 is 0 Å². The molecular formula is C30H36FN3O5S. The maximum absolute atomic E-state index is 13.9. The van der Waals surface area contributed by atoms with Crippen LogP contribution in [-0.2, 0) is 26.0 Å². The van der Waals surface area contributed by atoms with E-state index in [9.17, 15) is 22.4 Å². The van der Waals surface area contributed by atoms with Crippen LogP contribution in [0.4, 0.5) is 10.1 Å². The normalized spacial score (nSPS) is 11.9. The molecule has 0 heterocycles. The SMILES string of the molecule is CCNC(=O)C(CC)N(CCc1ccccc1)C(=O)CN(c1ccc(F)cc1)S(=O)(=O)c1ccc(OCC)cc1. The fourth-order valence-electron chi connectivity index (χ4n) is 4.33. The highest BCUT2D eigenvalue weighted by Crippen LogP contribution is 2.26. The molecule has 0 spiro atoms. The fourth-order valence-corrected chi connectivity index (χ4v) is 5.74. The first-order chi connectivity index (χ1) is 19.2. The van der Waals surface area contributed by atoms with Crippen molar-refractivity contribution in [1.29, 1.82) is 0 Å². The highest BCUT2D eigenvalue weighted by molar-refractivity contribution is 7.92. The zero-order valence-electron chi connectivity index (χ0n) is 23.0. The molecule has 0 aliphatic heterocycles. The van der Waals surface area contributed by atoms with Crippen LogP contribution in [-0.4, -0.2) is 57.4 Å². The molecule has 0 saturated heterocycles. The standard InChI is InChI=1S/C30H36FN3O5S/c1-4-28(30(36)32-5-2)33(21-20-23-10-8-7-9-11-23)29(35)22-34(25-14-12-24(31)13-15-25)40(37,38)27-18-16-26(17-19-27)39-6-3/h7-19,28H,4-6,20-22H2,1-3H3,(H,32,36). The van der Waals surface area contributed by atoms with Crippen molar-refractivity contribution in [3.63, 3.8) is 0 Å². The Balaban J connectivity index is 1.99. The third kappa shape index (κ3) is 7.81. The third-order valence-corrected chi connectivity index (χ3v) is 8.13. The van der Waals surface area contributed by atoms with Gasteiger partial charge in [-0.05, 0) is 80.8 Å². The van der Waals surface area contributed by atoms with Gasteiger partial charge in [0.2, 0.25) is 11.8 Å². The minimum atomic E-state index is -4.25. The average Bonchev–Trinajstić information content (AvgIpc) is 2.95. The van der Waals surface area contributed by atoms with Gasteiger partial charge in [-0.2, -0.15) is 0 Å². The summed E-state index contributed by atoms with van der Waals surface area (Å²) in [5, 5.41) is 2.77. The van der Waals surface area contributed by atoms with E-state index in [-0.39, 0.29) is 23.0 Å². The zero-order valence-corrected chi connectivity index (χ0v) is 23.9. The van der Waals surface area contributed by atoms with Gasteiger partial charge in [-0.15, -0.1) is 0 Å². The molecule has 3 aromatic rings. The molecule has 214 valence electrons. The van der Waals surface area contributed by atoms with E-state index < -0.39 is 34.3 Å². The number of amides is 2. The Morgan fingerprint density at radius 3 is 2.15 bits per heavy atom. The summed E-state index contributed by atoms with van der Waals surface area (Å²) in [6.07, 6.45) is 0.819. The number of nitrogens with one attached hydrogen (secondary N) is 1. The van der Waals surface area contributed by atoms with Crippen molar-refractivity contribution in [3.8, 4) is 5.75 Å². The molecule has 40 heavy (non-hydrogen) atoms. The summed E-state index contributed by atoms with van der Waals surface area (Å²) in [5.74, 6) is -0.895. The Hall–Kier alpha value is -3.92. The first kappa shape index (κ1) is 30.6. The molecule has 1 N–H and O–H groups in total. The van der Waals surface area contributed by atoms with Gasteiger partial charge in [0.1, 0.15) is 24.2 Å². The minimum absolute atomic E-state index is 0.0559. The van der Waals surface area contributed by atoms with Crippen LogP contribution in [0.3, 0.4) is 0 Å². The lowest BCUT2D eigenvalue weighted by Crippen LogP contribution is -2.53. The second-order valence-corrected chi connectivity index (χ2v) is 10.9. The van der Waals surface area contributed by atoms with Crippen LogP contribution in [0, 0.1) is 5.82 Å². The van der Waals surface area contributed by atoms with Crippen molar-refractivity contribution in [2.45, 2.75) is 44.6 Å². The van der Waals surface area contributed by atoms with Crippen LogP contribution in [0.15, 0.2) is 83.8 Å². The number of anilines is 1. The van der Waals surface area contributed by atoms with Gasteiger partial charge < -0.3 is 15.0 Å². The zero-order chi connectivity index (χ0) is 29.1. The van der Waals surface area contributed by atoms with Crippen molar-refractivity contribution in [2.24, 2.45) is 0 Å². The summed E-state index contributed by atoms with van der Waals surface area (Å²) in [7, 11) is -4.25. The van der Waals surface area contributed by atoms with Gasteiger partial charge in [-0.1, -0.05) is 37.3 Å². The molecule has 3 aromatic carbocycles. The number of halogens is 1. The molecule has 10 heteroatoms. The number of benzene rings is 3. The molecule has 0 aliphatic rings. The summed E-state index contributed by atoms with van der Waals surface area (Å²) >= 11 is 0. The molecule has 0 saturated carbocycles. The molecule has 0 radical (unpaired) electrons. The van der Waals surface area contributed by atoms with Gasteiger partial charge in [-0.3, -0.25) is 13.9 Å². The predicted molar refractivity (Wildman–Crippen MR) is 153 cm³/mol. The van der Waals surface area contributed by atoms with Crippen LogP contribution < -0.4 is 14.4 Å². The highest BCUT2D eigenvalue weighted by Gasteiger charge is 2.33. The maximum Gasteiger partial charge on any atom is 0.264 e. The molecule has 3 rings (SSSR count). The maximum atomic E-state index is 13.9. The fraction of sp³-hybridized carbons (Fsp3) is 0.333. The van der Waals surface area contributed by atoms with Crippen molar-refractivity contribution in [3.05, 3.63) is 90.2 Å². The number of ether oxygens (including phenoxy) is 1. The molecule has 8 nitrogen and oxygen atoms in total. The first-order valence-corrected chi connectivity index (χ1v) is 14.8. The number of hydrogen-bond donors (Lipinski definition) is 1. The topological polar surface area (TPSA) is 96.0 Å². The summed E-state index contributed by atoms with van der Waals surface area (Å²) in [6.45, 7) is 5.86. The van der Waals surface area contributed by atoms with Gasteiger partial charge in [0, 0.05) is 13.1 Å². The number of nitrogens with zero attached hydrogens (tertiary/aromatic N) is 2. The van der Waals surface area contributed by atoms with Gasteiger partial charge in [0.15, 0.2) is 0 Å². The first-order valence-electron chi connectivity index (χ1n) is 13.3. The Morgan fingerprint density at radius 2 is 1.57 bits per heavy atom. The van der Waals surface area contributed by atoms with E-state index in [2.05, 4.69) is 5.32 Å². The van der Waals surface area contributed by atoms with Crippen molar-refractivity contribution in [2.75, 3.05) is 30.5 Å². The lowest BCUT2D eigenvalue weighted by Gasteiger charge is -2.33. The van der Waals surface area contributed by atoms with Crippen LogP contribution in [0.25, 0.3) is 0 Å². The molecule has 1 unspecified atom stereocenters. The van der Waals surface area contributed by atoms with E-state index in [4.69, 9.17) is 4.74 Å². The Morgan fingerprint density at radius 1 is 0.925 bits per heavy atom. The number of carbonyl (C=O) groups is 2. The largest absolute Gasteiger partial charge is 0.494 e. The highest BCUT2D eigenvalue weighted by atomic mass is 32.2. The van der Waals surface area contributed by atoms with Crippen LogP contribution in [0.2, 0.25) is 0 Å². The predicted octanol–water partition coefficient (Wildman–Crippen LogP) is 4.41. The van der Waals surface area contributed by atoms with Gasteiger partial charge in [-0.25, -0.2) is 12.8 Å². The number of carbonyl (C=O) groups excluding carboxylic acids is 2. The number of sulfonamides is 1. The minimum Gasteiger partial charge on any atom is -0.494 e. The lowest BCUT2D eigenvalue weighted by molar-refractivity contribution is -0.139. The van der Waals surface area contributed by atoms with Crippen LogP contribution in [0.5, 0.6) is 5.75 Å². The van der Waals surface area contributed by atoms with E-state index >= 15 is 0 Å². The molecule has 0 fully saturated rings. The second-order valence-electron chi connectivity index (χ2n) is 9.03. The Labute approximate surface area is 235 Å². The number of hydrogen-bond acceptors (Lipinski definition) is 5. The van der Waals surface area contributed by atoms with Crippen molar-refractivity contribution in [1.82, 2.24) is 10.2 Å². The van der Waals surface area contributed by atoms with E-state index in [1.54, 1.807) is 13.8 Å². The van der Waals surface area contributed by atoms with Crippen LogP contribution in [0.1, 0.15) is 32.8 Å². The summed E-state index contributed by atoms with van der Waals surface area (Å²) in [4.78, 5) is 28.2. The van der Waals surface area contributed by atoms with E-state index in [0.717, 1.165) is 22.0 Å². The summed E-state index contributed by atoms with van der Waals surface area (Å²) < 4.78 is 47.8. The summed E-state index contributed by atoms with van der Waals surface area (Å²) in [6, 6.07) is 19.5. The van der Waals surface area contributed by atoms with Gasteiger partial charge >= 0.3 is 0 Å². The summed E-state index contributed by atoms with van der Waals surface area (Å²) in [5.41, 5.74) is 1.10. The lowest BCUT2D eigenvalue weighted by atomic mass is 10.1. The van der Waals surface area contributed by atoms with E-state index in [1.807, 2.05) is 37.3 Å². The average molecular weight is 570 g/mol. The monoisotopic (exact) mass is 569 g/mol. The molecule has 0 bridgehead atoms. The number of likely N-dealkylation sites (N-methyl/N-ethyl adjacent to an activating group) is 1. The molecule has 0 aromatic heterocycles. The molecular weight excluding hydrogens is 533 g/mol. The van der Waals surface area contributed by atoms with Crippen molar-refractivity contribution < 1.29 is 27.1 Å². The smallest absolute Gasteiger partial charge is 0.264 e. The molecule has 1 atom stereocenters. The second kappa shape index (κ2) is 14.5. The van der Waals surface area contributed by atoms with Gasteiger partial charge in [0.05, 0.1) is 17.2 Å². The third-order valence-electron chi connectivity index (χ3n) is 6.34. The quantitative estimate of drug-likeness (QED) is 0.310. The Kier molecular flexibility index (Phi) is 11.1. The van der Waals surface area contributed by atoms with Gasteiger partial charge in [0.25, 0.3) is 10.0 Å². The molecule has 2 amide bonds. The van der Waals surface area contributed by atoms with E-state index in [0.29, 0.717) is 31.7 Å². The Bertz CT molecular complexity index is 1350. The molecule has 0 aliphatic carbocycles. The number of rotatable bonds is 14. The van der Waals surface area contributed by atoms with Crippen molar-refractivity contribution >= 4 is 27.5 Å². The van der Waals surface area contributed by atoms with E-state index in [1.165, 1.54) is 41.3 Å².